The van der Waals surface area contributed by atoms with Crippen molar-refractivity contribution in [2.75, 3.05) is 24.6 Å². The van der Waals surface area contributed by atoms with Gasteiger partial charge in [0.15, 0.2) is 0 Å². The second-order valence-electron chi connectivity index (χ2n) is 6.41. The van der Waals surface area contributed by atoms with Gasteiger partial charge < -0.3 is 5.11 Å². The lowest BCUT2D eigenvalue weighted by molar-refractivity contribution is -0.138. The van der Waals surface area contributed by atoms with Crippen molar-refractivity contribution in [2.45, 2.75) is 45.6 Å². The third-order valence-electron chi connectivity index (χ3n) is 4.62. The molecule has 104 valence electrons. The molecule has 0 saturated carbocycles. The van der Waals surface area contributed by atoms with E-state index in [0.717, 1.165) is 25.9 Å². The van der Waals surface area contributed by atoms with E-state index in [0.29, 0.717) is 23.8 Å². The molecule has 0 bridgehead atoms. The SMILES string of the molecule is CC1(C)CCSCC1N1CCC(CC(=O)O)CC1. The van der Waals surface area contributed by atoms with E-state index < -0.39 is 5.97 Å². The number of nitrogens with zero attached hydrogens (tertiary/aromatic N) is 1. The zero-order valence-electron chi connectivity index (χ0n) is 11.5. The molecule has 2 aliphatic heterocycles. The summed E-state index contributed by atoms with van der Waals surface area (Å²) < 4.78 is 0. The number of thioether (sulfide) groups is 1. The van der Waals surface area contributed by atoms with Crippen molar-refractivity contribution in [3.63, 3.8) is 0 Å². The first-order valence-corrected chi connectivity index (χ1v) is 8.18. The van der Waals surface area contributed by atoms with Crippen LogP contribution >= 0.6 is 11.8 Å². The van der Waals surface area contributed by atoms with Crippen LogP contribution in [0.5, 0.6) is 0 Å². The third kappa shape index (κ3) is 3.41. The van der Waals surface area contributed by atoms with Crippen molar-refractivity contribution in [2.24, 2.45) is 11.3 Å². The first-order valence-electron chi connectivity index (χ1n) is 7.02. The Kier molecular flexibility index (Phi) is 4.59. The van der Waals surface area contributed by atoms with Crippen molar-refractivity contribution in [1.82, 2.24) is 4.90 Å². The highest BCUT2D eigenvalue weighted by molar-refractivity contribution is 7.99. The van der Waals surface area contributed by atoms with E-state index >= 15 is 0 Å². The third-order valence-corrected chi connectivity index (χ3v) is 5.67. The van der Waals surface area contributed by atoms with E-state index in [9.17, 15) is 4.79 Å². The topological polar surface area (TPSA) is 40.5 Å². The highest BCUT2D eigenvalue weighted by Gasteiger charge is 2.37. The quantitative estimate of drug-likeness (QED) is 0.857. The second-order valence-corrected chi connectivity index (χ2v) is 7.56. The standard InChI is InChI=1S/C14H25NO2S/c1-14(2)5-8-18-10-12(14)15-6-3-11(4-7-15)9-13(16)17/h11-12H,3-10H2,1-2H3,(H,16,17). The molecule has 2 saturated heterocycles. The summed E-state index contributed by atoms with van der Waals surface area (Å²) in [5, 5.41) is 8.85. The predicted octanol–water partition coefficient (Wildman–Crippen LogP) is 2.70. The van der Waals surface area contributed by atoms with Crippen LogP contribution < -0.4 is 0 Å². The summed E-state index contributed by atoms with van der Waals surface area (Å²) in [4.78, 5) is 13.4. The highest BCUT2D eigenvalue weighted by atomic mass is 32.2. The largest absolute Gasteiger partial charge is 0.481 e. The van der Waals surface area contributed by atoms with E-state index in [2.05, 4.69) is 30.5 Å². The molecule has 2 aliphatic rings. The van der Waals surface area contributed by atoms with E-state index in [4.69, 9.17) is 5.11 Å². The number of carboxylic acids is 1. The molecule has 2 rings (SSSR count). The van der Waals surface area contributed by atoms with Gasteiger partial charge in [-0.2, -0.15) is 11.8 Å². The molecule has 0 radical (unpaired) electrons. The van der Waals surface area contributed by atoms with Crippen molar-refractivity contribution in [3.05, 3.63) is 0 Å². The Balaban J connectivity index is 1.87. The molecule has 0 aliphatic carbocycles. The number of hydrogen-bond donors (Lipinski definition) is 1. The van der Waals surface area contributed by atoms with Gasteiger partial charge >= 0.3 is 5.97 Å². The number of carbonyl (C=O) groups is 1. The summed E-state index contributed by atoms with van der Waals surface area (Å²) >= 11 is 2.07. The number of piperidine rings is 1. The molecular weight excluding hydrogens is 246 g/mol. The van der Waals surface area contributed by atoms with Gasteiger partial charge in [0.25, 0.3) is 0 Å². The summed E-state index contributed by atoms with van der Waals surface area (Å²) in [6.07, 6.45) is 3.78. The maximum atomic E-state index is 10.7. The average molecular weight is 271 g/mol. The molecule has 2 heterocycles. The lowest BCUT2D eigenvalue weighted by Crippen LogP contribution is -2.52. The Morgan fingerprint density at radius 3 is 2.61 bits per heavy atom. The molecule has 3 nitrogen and oxygen atoms in total. The molecule has 0 aromatic carbocycles. The summed E-state index contributed by atoms with van der Waals surface area (Å²) in [7, 11) is 0. The first kappa shape index (κ1) is 14.2. The zero-order chi connectivity index (χ0) is 13.2. The van der Waals surface area contributed by atoms with Crippen LogP contribution in [-0.2, 0) is 4.79 Å². The number of rotatable bonds is 3. The molecule has 4 heteroatoms. The van der Waals surface area contributed by atoms with Gasteiger partial charge in [0.2, 0.25) is 0 Å². The van der Waals surface area contributed by atoms with Crippen LogP contribution in [0.4, 0.5) is 0 Å². The molecule has 1 atom stereocenters. The molecule has 0 aromatic heterocycles. The van der Waals surface area contributed by atoms with Crippen molar-refractivity contribution >= 4 is 17.7 Å². The smallest absolute Gasteiger partial charge is 0.303 e. The number of aliphatic carboxylic acids is 1. The van der Waals surface area contributed by atoms with Crippen LogP contribution in [0.2, 0.25) is 0 Å². The van der Waals surface area contributed by atoms with E-state index in [1.807, 2.05) is 0 Å². The van der Waals surface area contributed by atoms with Gasteiger partial charge in [-0.3, -0.25) is 9.69 Å². The van der Waals surface area contributed by atoms with Crippen LogP contribution in [-0.4, -0.2) is 46.6 Å². The maximum Gasteiger partial charge on any atom is 0.303 e. The minimum Gasteiger partial charge on any atom is -0.481 e. The van der Waals surface area contributed by atoms with Gasteiger partial charge in [0.05, 0.1) is 0 Å². The van der Waals surface area contributed by atoms with Crippen LogP contribution in [0.25, 0.3) is 0 Å². The molecule has 1 N–H and O–H groups in total. The van der Waals surface area contributed by atoms with E-state index in [1.165, 1.54) is 17.9 Å². The van der Waals surface area contributed by atoms with Crippen LogP contribution in [0.3, 0.4) is 0 Å². The summed E-state index contributed by atoms with van der Waals surface area (Å²) in [6, 6.07) is 0.682. The van der Waals surface area contributed by atoms with Crippen LogP contribution in [0.15, 0.2) is 0 Å². The van der Waals surface area contributed by atoms with Crippen molar-refractivity contribution in [3.8, 4) is 0 Å². The van der Waals surface area contributed by atoms with Crippen molar-refractivity contribution in [1.29, 1.82) is 0 Å². The molecule has 18 heavy (non-hydrogen) atoms. The second kappa shape index (κ2) is 5.83. The molecule has 0 spiro atoms. The minimum absolute atomic E-state index is 0.358. The Morgan fingerprint density at radius 2 is 2.06 bits per heavy atom. The lowest BCUT2D eigenvalue weighted by atomic mass is 9.80. The number of likely N-dealkylation sites (tertiary alicyclic amines) is 1. The first-order chi connectivity index (χ1) is 8.49. The number of carboxylic acid groups (broad SMARTS) is 1. The average Bonchev–Trinajstić information content (AvgIpc) is 2.29. The molecule has 1 unspecified atom stereocenters. The van der Waals surface area contributed by atoms with E-state index in [-0.39, 0.29) is 0 Å². The van der Waals surface area contributed by atoms with Gasteiger partial charge in [-0.15, -0.1) is 0 Å². The minimum atomic E-state index is -0.637. The fraction of sp³-hybridized carbons (Fsp3) is 0.929. The normalized spacial score (nSPS) is 30.2. The van der Waals surface area contributed by atoms with Gasteiger partial charge in [-0.25, -0.2) is 0 Å². The maximum absolute atomic E-state index is 10.7. The molecule has 0 amide bonds. The predicted molar refractivity (Wildman–Crippen MR) is 76.1 cm³/mol. The molecular formula is C14H25NO2S. The molecule has 2 fully saturated rings. The summed E-state index contributed by atoms with van der Waals surface area (Å²) in [5.41, 5.74) is 0.422. The number of hydrogen-bond acceptors (Lipinski definition) is 3. The Morgan fingerprint density at radius 1 is 1.39 bits per heavy atom. The van der Waals surface area contributed by atoms with Crippen molar-refractivity contribution < 1.29 is 9.90 Å². The van der Waals surface area contributed by atoms with Crippen LogP contribution in [0.1, 0.15) is 39.5 Å². The Labute approximate surface area is 114 Å². The highest BCUT2D eigenvalue weighted by Crippen LogP contribution is 2.38. The van der Waals surface area contributed by atoms with Crippen LogP contribution in [0, 0.1) is 11.3 Å². The Bertz CT molecular complexity index is 298. The zero-order valence-corrected chi connectivity index (χ0v) is 12.3. The van der Waals surface area contributed by atoms with Gasteiger partial charge in [0, 0.05) is 18.2 Å². The monoisotopic (exact) mass is 271 g/mol. The summed E-state index contributed by atoms with van der Waals surface area (Å²) in [6.45, 7) is 6.96. The fourth-order valence-electron chi connectivity index (χ4n) is 3.24. The lowest BCUT2D eigenvalue weighted by Gasteiger charge is -2.47. The molecule has 0 aromatic rings. The summed E-state index contributed by atoms with van der Waals surface area (Å²) in [5.74, 6) is 2.30. The Hall–Kier alpha value is -0.220. The van der Waals surface area contributed by atoms with Gasteiger partial charge in [0.1, 0.15) is 0 Å². The fourth-order valence-corrected chi connectivity index (χ4v) is 4.96. The van der Waals surface area contributed by atoms with Gasteiger partial charge in [-0.1, -0.05) is 13.8 Å². The van der Waals surface area contributed by atoms with E-state index in [1.54, 1.807) is 0 Å². The van der Waals surface area contributed by atoms with Gasteiger partial charge in [-0.05, 0) is 49.4 Å².